The van der Waals surface area contributed by atoms with E-state index >= 15 is 0 Å². The van der Waals surface area contributed by atoms with Gasteiger partial charge in [0.05, 0.1) is 10.9 Å². The molecule has 0 aliphatic heterocycles. The highest BCUT2D eigenvalue weighted by molar-refractivity contribution is 6.02. The van der Waals surface area contributed by atoms with Crippen molar-refractivity contribution in [2.45, 2.75) is 6.61 Å². The Hall–Kier alpha value is -3.54. The fourth-order valence-corrected chi connectivity index (χ4v) is 2.77. The van der Waals surface area contributed by atoms with Crippen LogP contribution in [0.5, 0.6) is 0 Å². The molecule has 2 aromatic carbocycles. The minimum absolute atomic E-state index is 0.0717. The first kappa shape index (κ1) is 15.0. The lowest BCUT2D eigenvalue weighted by molar-refractivity contribution is 0.0468. The molecule has 0 radical (unpaired) electrons. The maximum atomic E-state index is 12.5. The smallest absolute Gasteiger partial charge is 0.359 e. The second kappa shape index (κ2) is 6.16. The first-order chi connectivity index (χ1) is 12.2. The minimum Gasteiger partial charge on any atom is -0.456 e. The Bertz CT molecular complexity index is 1150. The fourth-order valence-electron chi connectivity index (χ4n) is 2.77. The summed E-state index contributed by atoms with van der Waals surface area (Å²) in [6, 6.07) is 16.3. The molecule has 4 aromatic rings. The van der Waals surface area contributed by atoms with Crippen LogP contribution < -0.4 is 5.56 Å². The number of hydrogen-bond acceptors (Lipinski definition) is 5. The number of benzene rings is 2. The van der Waals surface area contributed by atoms with Crippen molar-refractivity contribution >= 4 is 27.6 Å². The number of esters is 1. The Balaban J connectivity index is 1.65. The number of nitrogens with one attached hydrogen (secondary N) is 1. The first-order valence-corrected chi connectivity index (χ1v) is 7.71. The first-order valence-electron chi connectivity index (χ1n) is 7.71. The third-order valence-corrected chi connectivity index (χ3v) is 3.96. The zero-order valence-corrected chi connectivity index (χ0v) is 13.1. The molecular weight excluding hydrogens is 318 g/mol. The van der Waals surface area contributed by atoms with Gasteiger partial charge in [-0.1, -0.05) is 42.5 Å². The van der Waals surface area contributed by atoms with Gasteiger partial charge in [-0.3, -0.25) is 9.78 Å². The second-order valence-corrected chi connectivity index (χ2v) is 5.52. The highest BCUT2D eigenvalue weighted by atomic mass is 16.5. The molecule has 0 bridgehead atoms. The predicted octanol–water partition coefficient (Wildman–Crippen LogP) is 2.83. The Kier molecular flexibility index (Phi) is 3.70. The zero-order chi connectivity index (χ0) is 17.2. The standard InChI is InChI=1S/C19H13N3O3/c23-18-15-9-2-1-8-14(15)17(21-22-18)19(24)25-11-13-6-3-5-12-7-4-10-20-16(12)13/h1-10H,11H2,(H,22,23). The molecule has 6 nitrogen and oxygen atoms in total. The molecular formula is C19H13N3O3. The molecule has 0 fully saturated rings. The molecule has 0 saturated carbocycles. The van der Waals surface area contributed by atoms with Crippen LogP contribution in [0, 0.1) is 0 Å². The van der Waals surface area contributed by atoms with Gasteiger partial charge in [0.1, 0.15) is 6.61 Å². The van der Waals surface area contributed by atoms with Crippen LogP contribution in [0.3, 0.4) is 0 Å². The van der Waals surface area contributed by atoms with E-state index in [9.17, 15) is 9.59 Å². The molecule has 0 aliphatic carbocycles. The van der Waals surface area contributed by atoms with Crippen LogP contribution in [-0.2, 0) is 11.3 Å². The Morgan fingerprint density at radius 3 is 2.68 bits per heavy atom. The normalized spacial score (nSPS) is 10.9. The maximum Gasteiger partial charge on any atom is 0.359 e. The van der Waals surface area contributed by atoms with Crippen LogP contribution in [0.25, 0.3) is 21.7 Å². The summed E-state index contributed by atoms with van der Waals surface area (Å²) in [6.45, 7) is 0.0717. The summed E-state index contributed by atoms with van der Waals surface area (Å²) in [5.74, 6) is -0.597. The van der Waals surface area contributed by atoms with E-state index in [0.29, 0.717) is 10.8 Å². The van der Waals surface area contributed by atoms with Gasteiger partial charge in [0.2, 0.25) is 0 Å². The van der Waals surface area contributed by atoms with Crippen molar-refractivity contribution in [2.24, 2.45) is 0 Å². The number of aromatic nitrogens is 3. The van der Waals surface area contributed by atoms with Crippen molar-refractivity contribution in [3.05, 3.63) is 82.4 Å². The van der Waals surface area contributed by atoms with Gasteiger partial charge in [0, 0.05) is 22.5 Å². The molecule has 6 heteroatoms. The number of H-pyrrole nitrogens is 1. The Labute approximate surface area is 142 Å². The van der Waals surface area contributed by atoms with E-state index in [0.717, 1.165) is 16.5 Å². The van der Waals surface area contributed by atoms with Gasteiger partial charge >= 0.3 is 5.97 Å². The summed E-state index contributed by atoms with van der Waals surface area (Å²) >= 11 is 0. The van der Waals surface area contributed by atoms with Gasteiger partial charge in [0.25, 0.3) is 5.56 Å². The van der Waals surface area contributed by atoms with Gasteiger partial charge in [-0.25, -0.2) is 9.89 Å². The number of nitrogens with zero attached hydrogens (tertiary/aromatic N) is 2. The molecule has 0 amide bonds. The minimum atomic E-state index is -0.597. The van der Waals surface area contributed by atoms with E-state index in [-0.39, 0.29) is 17.9 Å². The monoisotopic (exact) mass is 331 g/mol. The van der Waals surface area contributed by atoms with Crippen molar-refractivity contribution in [1.29, 1.82) is 0 Å². The van der Waals surface area contributed by atoms with Gasteiger partial charge < -0.3 is 4.74 Å². The summed E-state index contributed by atoms with van der Waals surface area (Å²) in [7, 11) is 0. The molecule has 25 heavy (non-hydrogen) atoms. The SMILES string of the molecule is O=C(OCc1cccc2cccnc12)c1n[nH]c(=O)c2ccccc12. The number of hydrogen-bond donors (Lipinski definition) is 1. The Morgan fingerprint density at radius 2 is 1.80 bits per heavy atom. The average molecular weight is 331 g/mol. The van der Waals surface area contributed by atoms with E-state index in [4.69, 9.17) is 4.74 Å². The van der Waals surface area contributed by atoms with Crippen molar-refractivity contribution in [2.75, 3.05) is 0 Å². The van der Waals surface area contributed by atoms with Crippen LogP contribution in [-0.4, -0.2) is 21.2 Å². The van der Waals surface area contributed by atoms with Gasteiger partial charge in [0.15, 0.2) is 5.69 Å². The number of ether oxygens (including phenoxy) is 1. The van der Waals surface area contributed by atoms with Crippen LogP contribution in [0.4, 0.5) is 0 Å². The summed E-state index contributed by atoms with van der Waals surface area (Å²) in [4.78, 5) is 28.6. The number of carbonyl (C=O) groups is 1. The van der Waals surface area contributed by atoms with E-state index in [2.05, 4.69) is 15.2 Å². The zero-order valence-electron chi connectivity index (χ0n) is 13.1. The number of aromatic amines is 1. The van der Waals surface area contributed by atoms with E-state index in [1.54, 1.807) is 30.5 Å². The molecule has 2 heterocycles. The van der Waals surface area contributed by atoms with Crippen molar-refractivity contribution in [1.82, 2.24) is 15.2 Å². The third-order valence-electron chi connectivity index (χ3n) is 3.96. The summed E-state index contributed by atoms with van der Waals surface area (Å²) in [5, 5.41) is 8.03. The van der Waals surface area contributed by atoms with Crippen LogP contribution in [0.1, 0.15) is 16.1 Å². The van der Waals surface area contributed by atoms with Gasteiger partial charge in [-0.15, -0.1) is 0 Å². The van der Waals surface area contributed by atoms with Gasteiger partial charge in [-0.05, 0) is 12.1 Å². The summed E-state index contributed by atoms with van der Waals surface area (Å²) < 4.78 is 5.41. The predicted molar refractivity (Wildman–Crippen MR) is 93.2 cm³/mol. The number of carbonyl (C=O) groups excluding carboxylic acids is 1. The molecule has 1 N–H and O–H groups in total. The highest BCUT2D eigenvalue weighted by Crippen LogP contribution is 2.18. The van der Waals surface area contributed by atoms with E-state index in [1.807, 2.05) is 30.3 Å². The van der Waals surface area contributed by atoms with Crippen LogP contribution in [0.2, 0.25) is 0 Å². The fraction of sp³-hybridized carbons (Fsp3) is 0.0526. The maximum absolute atomic E-state index is 12.5. The molecule has 0 aliphatic rings. The lowest BCUT2D eigenvalue weighted by atomic mass is 10.1. The van der Waals surface area contributed by atoms with Crippen molar-refractivity contribution in [3.63, 3.8) is 0 Å². The highest BCUT2D eigenvalue weighted by Gasteiger charge is 2.16. The van der Waals surface area contributed by atoms with Crippen LogP contribution >= 0.6 is 0 Å². The Morgan fingerprint density at radius 1 is 1.00 bits per heavy atom. The third kappa shape index (κ3) is 2.74. The molecule has 122 valence electrons. The lowest BCUT2D eigenvalue weighted by Crippen LogP contribution is -2.16. The number of pyridine rings is 1. The van der Waals surface area contributed by atoms with Crippen molar-refractivity contribution in [3.8, 4) is 0 Å². The quantitative estimate of drug-likeness (QED) is 0.584. The molecule has 0 unspecified atom stereocenters. The van der Waals surface area contributed by atoms with Crippen LogP contribution in [0.15, 0.2) is 65.6 Å². The number of rotatable bonds is 3. The summed E-state index contributed by atoms with van der Waals surface area (Å²) in [6.07, 6.45) is 1.70. The summed E-state index contributed by atoms with van der Waals surface area (Å²) in [5.41, 5.74) is 1.34. The largest absolute Gasteiger partial charge is 0.456 e. The van der Waals surface area contributed by atoms with Gasteiger partial charge in [-0.2, -0.15) is 5.10 Å². The molecule has 0 saturated heterocycles. The average Bonchev–Trinajstić information content (AvgIpc) is 2.66. The molecule has 2 aromatic heterocycles. The van der Waals surface area contributed by atoms with Crippen molar-refractivity contribution < 1.29 is 9.53 Å². The molecule has 4 rings (SSSR count). The number of fused-ring (bicyclic) bond motifs is 2. The topological polar surface area (TPSA) is 84.9 Å². The van der Waals surface area contributed by atoms with E-state index in [1.165, 1.54) is 0 Å². The molecule has 0 atom stereocenters. The lowest BCUT2D eigenvalue weighted by Gasteiger charge is -2.08. The molecule has 0 spiro atoms. The van der Waals surface area contributed by atoms with E-state index < -0.39 is 5.97 Å². The second-order valence-electron chi connectivity index (χ2n) is 5.52. The number of para-hydroxylation sites is 1.